The van der Waals surface area contributed by atoms with Crippen molar-refractivity contribution in [2.75, 3.05) is 5.73 Å². The summed E-state index contributed by atoms with van der Waals surface area (Å²) < 4.78 is 0. The molecule has 106 valence electrons. The molecule has 0 unspecified atom stereocenters. The Morgan fingerprint density at radius 3 is 2.55 bits per heavy atom. The summed E-state index contributed by atoms with van der Waals surface area (Å²) in [6, 6.07) is 0. The number of nitrogen functional groups attached to an aromatic ring is 1. The highest BCUT2D eigenvalue weighted by Gasteiger charge is 2.21. The molecule has 2 heterocycles. The van der Waals surface area contributed by atoms with Crippen LogP contribution in [0.1, 0.15) is 49.9 Å². The van der Waals surface area contributed by atoms with E-state index in [0.717, 1.165) is 34.8 Å². The Kier molecular flexibility index (Phi) is 3.24. The van der Waals surface area contributed by atoms with Gasteiger partial charge in [0.1, 0.15) is 11.5 Å². The number of thiazole rings is 1. The quantitative estimate of drug-likeness (QED) is 0.874. The van der Waals surface area contributed by atoms with Crippen LogP contribution in [0.2, 0.25) is 0 Å². The molecule has 0 fully saturated rings. The second-order valence-electron chi connectivity index (χ2n) is 6.35. The van der Waals surface area contributed by atoms with Crippen molar-refractivity contribution in [2.24, 2.45) is 0 Å². The molecule has 0 radical (unpaired) electrons. The normalized spacial score (nSPS) is 15.2. The maximum atomic E-state index is 6.10. The third kappa shape index (κ3) is 2.42. The predicted octanol–water partition coefficient (Wildman–Crippen LogP) is 3.36. The maximum absolute atomic E-state index is 6.10. The number of fused-ring (bicyclic) bond motifs is 1. The van der Waals surface area contributed by atoms with E-state index in [9.17, 15) is 0 Å². The van der Waals surface area contributed by atoms with Gasteiger partial charge in [0.05, 0.1) is 5.01 Å². The van der Waals surface area contributed by atoms with E-state index in [1.807, 2.05) is 5.38 Å². The van der Waals surface area contributed by atoms with Crippen molar-refractivity contribution in [2.45, 2.75) is 51.9 Å². The van der Waals surface area contributed by atoms with Crippen LogP contribution in [0.5, 0.6) is 0 Å². The van der Waals surface area contributed by atoms with E-state index >= 15 is 0 Å². The van der Waals surface area contributed by atoms with Crippen LogP contribution in [0, 0.1) is 0 Å². The van der Waals surface area contributed by atoms with Gasteiger partial charge in [-0.2, -0.15) is 0 Å². The lowest BCUT2D eigenvalue weighted by Crippen LogP contribution is -2.12. The largest absolute Gasteiger partial charge is 0.383 e. The van der Waals surface area contributed by atoms with Crippen LogP contribution >= 0.6 is 11.3 Å². The van der Waals surface area contributed by atoms with Gasteiger partial charge in [-0.05, 0) is 25.7 Å². The number of aromatic nitrogens is 3. The molecule has 1 aliphatic carbocycles. The summed E-state index contributed by atoms with van der Waals surface area (Å²) in [4.78, 5) is 13.8. The van der Waals surface area contributed by atoms with Crippen molar-refractivity contribution in [3.8, 4) is 11.5 Å². The van der Waals surface area contributed by atoms with Crippen LogP contribution in [0.3, 0.4) is 0 Å². The Hall–Kier alpha value is -1.49. The number of nitrogens with two attached hydrogens (primary N) is 1. The summed E-state index contributed by atoms with van der Waals surface area (Å²) in [6.45, 7) is 6.49. The van der Waals surface area contributed by atoms with Gasteiger partial charge >= 0.3 is 0 Å². The molecule has 2 N–H and O–H groups in total. The summed E-state index contributed by atoms with van der Waals surface area (Å²) in [5, 5.41) is 3.14. The fourth-order valence-corrected chi connectivity index (χ4v) is 3.34. The Morgan fingerprint density at radius 1 is 1.10 bits per heavy atom. The first-order valence-corrected chi connectivity index (χ1v) is 7.95. The van der Waals surface area contributed by atoms with Crippen LogP contribution in [-0.2, 0) is 18.3 Å². The van der Waals surface area contributed by atoms with Gasteiger partial charge in [0.15, 0.2) is 5.82 Å². The summed E-state index contributed by atoms with van der Waals surface area (Å²) >= 11 is 1.66. The molecule has 20 heavy (non-hydrogen) atoms. The summed E-state index contributed by atoms with van der Waals surface area (Å²) in [6.07, 6.45) is 4.38. The number of hydrogen-bond donors (Lipinski definition) is 1. The fraction of sp³-hybridized carbons (Fsp3) is 0.533. The number of nitrogens with zero attached hydrogens (tertiary/aromatic N) is 3. The van der Waals surface area contributed by atoms with Crippen molar-refractivity contribution in [1.29, 1.82) is 0 Å². The number of anilines is 1. The first-order chi connectivity index (χ1) is 9.45. The lowest BCUT2D eigenvalue weighted by molar-refractivity contribution is 0.585. The average molecular weight is 288 g/mol. The molecule has 4 nitrogen and oxygen atoms in total. The zero-order valence-corrected chi connectivity index (χ0v) is 13.0. The highest BCUT2D eigenvalue weighted by atomic mass is 32.1. The van der Waals surface area contributed by atoms with E-state index in [4.69, 9.17) is 10.7 Å². The summed E-state index contributed by atoms with van der Waals surface area (Å²) in [5.74, 6) is 1.31. The smallest absolute Gasteiger partial charge is 0.181 e. The third-order valence-electron chi connectivity index (χ3n) is 3.59. The first kappa shape index (κ1) is 13.5. The van der Waals surface area contributed by atoms with Crippen molar-refractivity contribution < 1.29 is 0 Å². The Labute approximate surface area is 123 Å². The highest BCUT2D eigenvalue weighted by molar-refractivity contribution is 7.10. The molecule has 0 amide bonds. The van der Waals surface area contributed by atoms with Gasteiger partial charge in [-0.3, -0.25) is 0 Å². The van der Waals surface area contributed by atoms with Gasteiger partial charge in [-0.1, -0.05) is 20.8 Å². The van der Waals surface area contributed by atoms with Crippen LogP contribution in [0.25, 0.3) is 11.5 Å². The molecule has 1 aliphatic rings. The molecular formula is C15H20N4S. The molecule has 0 saturated heterocycles. The zero-order chi connectivity index (χ0) is 14.3. The molecule has 0 atom stereocenters. The van der Waals surface area contributed by atoms with Crippen molar-refractivity contribution >= 4 is 17.2 Å². The fourth-order valence-electron chi connectivity index (χ4n) is 2.46. The first-order valence-electron chi connectivity index (χ1n) is 7.07. The molecule has 0 spiro atoms. The summed E-state index contributed by atoms with van der Waals surface area (Å²) in [5.41, 5.74) is 9.26. The highest BCUT2D eigenvalue weighted by Crippen LogP contribution is 2.31. The molecule has 0 aromatic carbocycles. The molecule has 0 aliphatic heterocycles. The average Bonchev–Trinajstić information content (AvgIpc) is 2.88. The molecule has 0 bridgehead atoms. The standard InChI is InChI=1S/C15H20N4S/c1-15(2,3)14-18-11(8-20-14)13-17-10-7-5-4-6-9(10)12(16)19-13/h8H,4-7H2,1-3H3,(H2,16,17,19). The molecule has 0 saturated carbocycles. The molecule has 2 aromatic rings. The molecule has 2 aromatic heterocycles. The minimum Gasteiger partial charge on any atom is -0.383 e. The third-order valence-corrected chi connectivity index (χ3v) is 4.86. The SMILES string of the molecule is CC(C)(C)c1nc(-c2nc(N)c3c(n2)CCCC3)cs1. The van der Waals surface area contributed by atoms with E-state index in [1.54, 1.807) is 11.3 Å². The van der Waals surface area contributed by atoms with Gasteiger partial charge in [0.2, 0.25) is 0 Å². The Bertz CT molecular complexity index is 640. The topological polar surface area (TPSA) is 64.7 Å². The van der Waals surface area contributed by atoms with E-state index in [1.165, 1.54) is 12.8 Å². The maximum Gasteiger partial charge on any atom is 0.181 e. The van der Waals surface area contributed by atoms with Gasteiger partial charge in [0, 0.05) is 22.1 Å². The Balaban J connectivity index is 2.02. The summed E-state index contributed by atoms with van der Waals surface area (Å²) in [7, 11) is 0. The van der Waals surface area contributed by atoms with Crippen LogP contribution in [0.15, 0.2) is 5.38 Å². The number of rotatable bonds is 1. The van der Waals surface area contributed by atoms with E-state index < -0.39 is 0 Å². The van der Waals surface area contributed by atoms with Crippen LogP contribution in [0.4, 0.5) is 5.82 Å². The zero-order valence-electron chi connectivity index (χ0n) is 12.2. The van der Waals surface area contributed by atoms with Gasteiger partial charge in [0.25, 0.3) is 0 Å². The lowest BCUT2D eigenvalue weighted by atomic mass is 9.96. The molecule has 5 heteroatoms. The molecular weight excluding hydrogens is 268 g/mol. The predicted molar refractivity (Wildman–Crippen MR) is 82.9 cm³/mol. The van der Waals surface area contributed by atoms with Gasteiger partial charge < -0.3 is 5.73 Å². The van der Waals surface area contributed by atoms with E-state index in [0.29, 0.717) is 11.6 Å². The van der Waals surface area contributed by atoms with Gasteiger partial charge in [-0.15, -0.1) is 11.3 Å². The number of aryl methyl sites for hydroxylation is 1. The van der Waals surface area contributed by atoms with Crippen LogP contribution < -0.4 is 5.73 Å². The minimum atomic E-state index is 0.0582. The van der Waals surface area contributed by atoms with Crippen molar-refractivity contribution in [3.63, 3.8) is 0 Å². The van der Waals surface area contributed by atoms with E-state index in [2.05, 4.69) is 30.7 Å². The van der Waals surface area contributed by atoms with Crippen molar-refractivity contribution in [1.82, 2.24) is 15.0 Å². The van der Waals surface area contributed by atoms with Crippen molar-refractivity contribution in [3.05, 3.63) is 21.6 Å². The lowest BCUT2D eigenvalue weighted by Gasteiger charge is -2.16. The molecule has 3 rings (SSSR count). The van der Waals surface area contributed by atoms with Gasteiger partial charge in [-0.25, -0.2) is 15.0 Å². The number of hydrogen-bond acceptors (Lipinski definition) is 5. The minimum absolute atomic E-state index is 0.0582. The second kappa shape index (κ2) is 4.81. The van der Waals surface area contributed by atoms with E-state index in [-0.39, 0.29) is 5.41 Å². The second-order valence-corrected chi connectivity index (χ2v) is 7.21. The monoisotopic (exact) mass is 288 g/mol. The Morgan fingerprint density at radius 2 is 1.85 bits per heavy atom. The van der Waals surface area contributed by atoms with Crippen LogP contribution in [-0.4, -0.2) is 15.0 Å².